The van der Waals surface area contributed by atoms with Crippen molar-refractivity contribution in [3.63, 3.8) is 0 Å². The fourth-order valence-electron chi connectivity index (χ4n) is 6.88. The van der Waals surface area contributed by atoms with Gasteiger partial charge in [-0.05, 0) is 150 Å². The van der Waals surface area contributed by atoms with Gasteiger partial charge in [0.05, 0.1) is 12.2 Å². The maximum Gasteiger partial charge on any atom is 0.343 e. The zero-order valence-corrected chi connectivity index (χ0v) is 32.9. The van der Waals surface area contributed by atoms with Crippen LogP contribution in [0.3, 0.4) is 0 Å². The molecule has 0 heterocycles. The molecule has 0 atom stereocenters. The van der Waals surface area contributed by atoms with E-state index >= 15 is 0 Å². The van der Waals surface area contributed by atoms with Crippen LogP contribution in [0, 0.1) is 12.8 Å². The molecule has 0 aromatic heterocycles. The second-order valence-corrected chi connectivity index (χ2v) is 28.2. The molecule has 0 aliphatic heterocycles. The summed E-state index contributed by atoms with van der Waals surface area (Å²) in [5.74, 6) is 2.59. The molecule has 0 radical (unpaired) electrons. The third-order valence-electron chi connectivity index (χ3n) is 8.61. The van der Waals surface area contributed by atoms with E-state index in [2.05, 4.69) is 65.7 Å². The molecule has 2 aromatic rings. The van der Waals surface area contributed by atoms with E-state index in [1.807, 2.05) is 24.3 Å². The second kappa shape index (κ2) is 17.4. The maximum absolute atomic E-state index is 12.8. The molecule has 8 heteroatoms. The van der Waals surface area contributed by atoms with Gasteiger partial charge in [-0.15, -0.1) is 0 Å². The van der Waals surface area contributed by atoms with Crippen molar-refractivity contribution in [2.75, 3.05) is 6.61 Å². The van der Waals surface area contributed by atoms with Crippen molar-refractivity contribution >= 4 is 31.2 Å². The number of aryl methyl sites for hydroxylation is 1. The van der Waals surface area contributed by atoms with E-state index in [-0.39, 0.29) is 5.97 Å². The van der Waals surface area contributed by atoms with Gasteiger partial charge in [0.2, 0.25) is 0 Å². The van der Waals surface area contributed by atoms with Gasteiger partial charge in [-0.3, -0.25) is 0 Å². The minimum absolute atomic E-state index is 0.335. The first-order valence-corrected chi connectivity index (χ1v) is 27.0. The Bertz CT molecular complexity index is 1160. The number of carbonyl (C=O) groups is 1. The van der Waals surface area contributed by atoms with Gasteiger partial charge in [0.1, 0.15) is 11.5 Å². The highest BCUT2D eigenvalue weighted by atomic mass is 28.5. The Labute approximate surface area is 278 Å². The zero-order valence-electron chi connectivity index (χ0n) is 29.9. The van der Waals surface area contributed by atoms with Gasteiger partial charge < -0.3 is 17.7 Å². The Balaban J connectivity index is 1.35. The summed E-state index contributed by atoms with van der Waals surface area (Å²) in [6.45, 7) is 21.0. The molecule has 1 saturated carbocycles. The van der Waals surface area contributed by atoms with E-state index < -0.39 is 25.2 Å². The fourth-order valence-corrected chi connectivity index (χ4v) is 19.5. The average Bonchev–Trinajstić information content (AvgIpc) is 2.93. The number of benzene rings is 2. The van der Waals surface area contributed by atoms with Crippen LogP contribution in [0.25, 0.3) is 0 Å². The summed E-state index contributed by atoms with van der Waals surface area (Å²) < 4.78 is 25.0. The topological polar surface area (TPSA) is 54.0 Å². The van der Waals surface area contributed by atoms with E-state index in [9.17, 15) is 4.79 Å². The van der Waals surface area contributed by atoms with E-state index in [1.54, 1.807) is 12.1 Å². The molecule has 5 nitrogen and oxygen atoms in total. The van der Waals surface area contributed by atoms with Gasteiger partial charge in [-0.2, -0.15) is 0 Å². The molecule has 0 N–H and O–H groups in total. The lowest BCUT2D eigenvalue weighted by atomic mass is 9.76. The highest BCUT2D eigenvalue weighted by Crippen LogP contribution is 2.39. The SMILES string of the molecule is CCCC1CCC(c2ccc(OC(=O)c3ccc(OCCCCCCC[Si](C)(O[Si](C)(C)C)O[Si](C)(C)C)cc3)cc2C)CC1. The molecule has 1 aliphatic rings. The van der Waals surface area contributed by atoms with Crippen LogP contribution in [-0.4, -0.2) is 37.8 Å². The highest BCUT2D eigenvalue weighted by molar-refractivity contribution is 6.87. The Morgan fingerprint density at radius 3 is 1.91 bits per heavy atom. The number of hydrogen-bond acceptors (Lipinski definition) is 5. The molecule has 45 heavy (non-hydrogen) atoms. The minimum Gasteiger partial charge on any atom is -0.494 e. The molecule has 2 aromatic carbocycles. The largest absolute Gasteiger partial charge is 0.494 e. The highest BCUT2D eigenvalue weighted by Gasteiger charge is 2.39. The van der Waals surface area contributed by atoms with Crippen LogP contribution in [0.15, 0.2) is 42.5 Å². The Kier molecular flexibility index (Phi) is 14.6. The summed E-state index contributed by atoms with van der Waals surface area (Å²) in [5, 5.41) is 0. The number of rotatable bonds is 18. The second-order valence-electron chi connectivity index (χ2n) is 15.4. The first-order chi connectivity index (χ1) is 21.2. The van der Waals surface area contributed by atoms with Crippen LogP contribution >= 0.6 is 0 Å². The smallest absolute Gasteiger partial charge is 0.343 e. The van der Waals surface area contributed by atoms with Crippen LogP contribution in [0.4, 0.5) is 0 Å². The lowest BCUT2D eigenvalue weighted by Gasteiger charge is -2.38. The minimum atomic E-state index is -2.13. The van der Waals surface area contributed by atoms with E-state index in [4.69, 9.17) is 17.7 Å². The Hall–Kier alpha value is -1.72. The third kappa shape index (κ3) is 13.9. The lowest BCUT2D eigenvalue weighted by Crippen LogP contribution is -2.52. The molecule has 1 aliphatic carbocycles. The fraction of sp³-hybridized carbons (Fsp3) is 0.649. The monoisotopic (exact) mass is 670 g/mol. The number of unbranched alkanes of at least 4 members (excludes halogenated alkanes) is 4. The first-order valence-electron chi connectivity index (χ1n) is 17.6. The Morgan fingerprint density at radius 2 is 1.33 bits per heavy atom. The van der Waals surface area contributed by atoms with Crippen molar-refractivity contribution in [2.45, 2.75) is 142 Å². The lowest BCUT2D eigenvalue weighted by molar-refractivity contribution is 0.0734. The summed E-state index contributed by atoms with van der Waals surface area (Å²) in [7, 11) is -5.40. The van der Waals surface area contributed by atoms with Gasteiger partial charge in [0.15, 0.2) is 16.6 Å². The van der Waals surface area contributed by atoms with Crippen molar-refractivity contribution in [3.8, 4) is 11.5 Å². The van der Waals surface area contributed by atoms with Crippen LogP contribution in [0.5, 0.6) is 11.5 Å². The number of ether oxygens (including phenoxy) is 2. The molecular formula is C37H62O5Si3. The molecule has 0 saturated heterocycles. The summed E-state index contributed by atoms with van der Waals surface area (Å²) in [5.41, 5.74) is 3.16. The van der Waals surface area contributed by atoms with Crippen LogP contribution < -0.4 is 9.47 Å². The molecule has 0 spiro atoms. The van der Waals surface area contributed by atoms with Crippen LogP contribution in [-0.2, 0) is 8.23 Å². The van der Waals surface area contributed by atoms with Crippen molar-refractivity contribution in [2.24, 2.45) is 5.92 Å². The summed E-state index contributed by atoms with van der Waals surface area (Å²) in [6, 6.07) is 14.5. The summed E-state index contributed by atoms with van der Waals surface area (Å²) >= 11 is 0. The van der Waals surface area contributed by atoms with Gasteiger partial charge in [0.25, 0.3) is 0 Å². The Morgan fingerprint density at radius 1 is 0.756 bits per heavy atom. The molecule has 252 valence electrons. The van der Waals surface area contributed by atoms with Crippen molar-refractivity contribution in [1.29, 1.82) is 0 Å². The van der Waals surface area contributed by atoms with Crippen LogP contribution in [0.1, 0.15) is 105 Å². The predicted octanol–water partition coefficient (Wildman–Crippen LogP) is 11.4. The zero-order chi connectivity index (χ0) is 33.1. The number of carbonyl (C=O) groups excluding carboxylic acids is 1. The van der Waals surface area contributed by atoms with E-state index in [0.717, 1.165) is 30.6 Å². The molecule has 3 rings (SSSR count). The third-order valence-corrected chi connectivity index (χ3v) is 18.2. The quantitative estimate of drug-likeness (QED) is 0.0684. The molecule has 1 fully saturated rings. The number of esters is 1. The van der Waals surface area contributed by atoms with Crippen LogP contribution in [0.2, 0.25) is 51.9 Å². The predicted molar refractivity (Wildman–Crippen MR) is 196 cm³/mol. The van der Waals surface area contributed by atoms with E-state index in [1.165, 1.54) is 68.9 Å². The van der Waals surface area contributed by atoms with Crippen molar-refractivity contribution in [3.05, 3.63) is 59.2 Å². The van der Waals surface area contributed by atoms with Gasteiger partial charge in [-0.1, -0.05) is 51.5 Å². The van der Waals surface area contributed by atoms with Gasteiger partial charge >= 0.3 is 14.5 Å². The van der Waals surface area contributed by atoms with E-state index in [0.29, 0.717) is 23.8 Å². The van der Waals surface area contributed by atoms with Gasteiger partial charge in [0, 0.05) is 0 Å². The molecular weight excluding hydrogens is 609 g/mol. The first kappa shape index (κ1) is 37.7. The van der Waals surface area contributed by atoms with Crippen molar-refractivity contribution in [1.82, 2.24) is 0 Å². The molecule has 0 bridgehead atoms. The summed E-state index contributed by atoms with van der Waals surface area (Å²) in [6.07, 6.45) is 13.6. The average molecular weight is 671 g/mol. The summed E-state index contributed by atoms with van der Waals surface area (Å²) in [4.78, 5) is 12.8. The number of hydrogen-bond donors (Lipinski definition) is 0. The standard InChI is InChI=1S/C37H62O5Si3/c1-10-16-31-17-19-32(20-18-31)36-26-25-35(29-30(36)2)40-37(38)33-21-23-34(24-22-33)39-27-14-12-11-13-15-28-45(9,41-43(3,4)5)42-44(6,7)8/h21-26,29,31-32H,10-20,27-28H2,1-9H3. The molecule has 0 amide bonds. The van der Waals surface area contributed by atoms with Gasteiger partial charge in [-0.25, -0.2) is 4.79 Å². The molecule has 0 unspecified atom stereocenters. The normalized spacial score (nSPS) is 17.7. The van der Waals surface area contributed by atoms with Crippen molar-refractivity contribution < 1.29 is 22.5 Å². The maximum atomic E-state index is 12.8.